The van der Waals surface area contributed by atoms with Gasteiger partial charge in [0.15, 0.2) is 0 Å². The van der Waals surface area contributed by atoms with Crippen LogP contribution in [0.5, 0.6) is 0 Å². The quantitative estimate of drug-likeness (QED) is 0.753. The molecule has 0 aliphatic rings. The smallest absolute Gasteiger partial charge is 0.244 e. The van der Waals surface area contributed by atoms with Crippen LogP contribution < -0.4 is 10.5 Å². The van der Waals surface area contributed by atoms with Crippen LogP contribution in [0.1, 0.15) is 5.69 Å². The van der Waals surface area contributed by atoms with Gasteiger partial charge >= 0.3 is 0 Å². The Morgan fingerprint density at radius 2 is 2.11 bits per heavy atom. The first kappa shape index (κ1) is 14.5. The van der Waals surface area contributed by atoms with Gasteiger partial charge in [0.1, 0.15) is 11.2 Å². The molecule has 2 aromatic rings. The molecule has 0 fully saturated rings. The van der Waals surface area contributed by atoms with E-state index in [0.717, 1.165) is 0 Å². The van der Waals surface area contributed by atoms with Gasteiger partial charge in [0, 0.05) is 15.0 Å². The van der Waals surface area contributed by atoms with E-state index in [9.17, 15) is 8.42 Å². The van der Waals surface area contributed by atoms with Crippen molar-refractivity contribution in [3.63, 3.8) is 0 Å². The molecule has 2 rings (SSSR count). The van der Waals surface area contributed by atoms with Crippen molar-refractivity contribution in [1.29, 1.82) is 0 Å². The Morgan fingerprint density at radius 1 is 1.37 bits per heavy atom. The zero-order chi connectivity index (χ0) is 14.0. The van der Waals surface area contributed by atoms with Gasteiger partial charge in [-0.15, -0.1) is 0 Å². The molecule has 1 aromatic heterocycles. The fourth-order valence-electron chi connectivity index (χ4n) is 1.43. The number of nitrogens with one attached hydrogen (secondary N) is 1. The first-order chi connectivity index (χ1) is 8.90. The van der Waals surface area contributed by atoms with Gasteiger partial charge in [0.05, 0.1) is 17.9 Å². The lowest BCUT2D eigenvalue weighted by atomic mass is 10.3. The van der Waals surface area contributed by atoms with Crippen molar-refractivity contribution in [2.75, 3.05) is 5.73 Å². The summed E-state index contributed by atoms with van der Waals surface area (Å²) in [6, 6.07) is 4.71. The predicted octanol–water partition coefficient (Wildman–Crippen LogP) is 2.26. The minimum absolute atomic E-state index is 0.000745. The highest BCUT2D eigenvalue weighted by molar-refractivity contribution is 9.11. The fraction of sp³-hybridized carbons (Fsp3) is 0.100. The highest BCUT2D eigenvalue weighted by Gasteiger charge is 2.21. The Hall–Kier alpha value is -0.900. The van der Waals surface area contributed by atoms with Crippen LogP contribution in [-0.4, -0.2) is 13.6 Å². The summed E-state index contributed by atoms with van der Waals surface area (Å²) in [6.07, 6.45) is 1.37. The summed E-state index contributed by atoms with van der Waals surface area (Å²) in [5, 5.41) is 3.62. The molecule has 0 saturated heterocycles. The normalized spacial score (nSPS) is 11.7. The van der Waals surface area contributed by atoms with Crippen LogP contribution in [0.25, 0.3) is 0 Å². The summed E-state index contributed by atoms with van der Waals surface area (Å²) in [5.74, 6) is 0. The van der Waals surface area contributed by atoms with Crippen molar-refractivity contribution in [3.05, 3.63) is 39.1 Å². The summed E-state index contributed by atoms with van der Waals surface area (Å²) in [5.41, 5.74) is 6.37. The molecular weight excluding hydrogens is 402 g/mol. The van der Waals surface area contributed by atoms with Gasteiger partial charge in [-0.3, -0.25) is 0 Å². The fourth-order valence-corrected chi connectivity index (χ4v) is 4.50. The summed E-state index contributed by atoms with van der Waals surface area (Å²) in [4.78, 5) is -0.000745. The van der Waals surface area contributed by atoms with Gasteiger partial charge in [0.2, 0.25) is 10.0 Å². The largest absolute Gasteiger partial charge is 0.398 e. The topological polar surface area (TPSA) is 98.2 Å². The molecule has 3 N–H and O–H groups in total. The molecule has 0 spiro atoms. The molecule has 0 radical (unpaired) electrons. The third-order valence-corrected chi connectivity index (χ3v) is 5.10. The number of sulfonamides is 1. The van der Waals surface area contributed by atoms with E-state index >= 15 is 0 Å². The first-order valence-electron chi connectivity index (χ1n) is 5.03. The van der Waals surface area contributed by atoms with E-state index in [4.69, 9.17) is 5.73 Å². The van der Waals surface area contributed by atoms with E-state index < -0.39 is 10.0 Å². The molecule has 0 bridgehead atoms. The molecule has 1 heterocycles. The maximum Gasteiger partial charge on any atom is 0.244 e. The Kier molecular flexibility index (Phi) is 4.29. The van der Waals surface area contributed by atoms with Crippen LogP contribution in [0.3, 0.4) is 0 Å². The monoisotopic (exact) mass is 409 g/mol. The molecule has 102 valence electrons. The summed E-state index contributed by atoms with van der Waals surface area (Å²) < 4.78 is 32.5. The van der Waals surface area contributed by atoms with E-state index in [1.54, 1.807) is 12.1 Å². The van der Waals surface area contributed by atoms with Crippen LogP contribution in [0.4, 0.5) is 5.69 Å². The van der Waals surface area contributed by atoms with Gasteiger partial charge < -0.3 is 10.3 Å². The Labute approximate surface area is 126 Å². The molecule has 0 saturated carbocycles. The highest BCUT2D eigenvalue weighted by Crippen LogP contribution is 2.31. The van der Waals surface area contributed by atoms with Crippen molar-refractivity contribution in [3.8, 4) is 0 Å². The van der Waals surface area contributed by atoms with E-state index in [1.165, 1.54) is 12.3 Å². The van der Waals surface area contributed by atoms with Crippen molar-refractivity contribution in [1.82, 2.24) is 9.88 Å². The maximum atomic E-state index is 12.2. The van der Waals surface area contributed by atoms with Crippen molar-refractivity contribution in [2.45, 2.75) is 11.4 Å². The number of rotatable bonds is 4. The Balaban J connectivity index is 2.29. The molecule has 0 atom stereocenters. The summed E-state index contributed by atoms with van der Waals surface area (Å²) in [6.45, 7) is 0.0285. The number of hydrogen-bond acceptors (Lipinski definition) is 5. The van der Waals surface area contributed by atoms with Gasteiger partial charge in [0.25, 0.3) is 0 Å². The third-order valence-electron chi connectivity index (χ3n) is 2.24. The van der Waals surface area contributed by atoms with Crippen LogP contribution in [0.15, 0.2) is 42.8 Å². The van der Waals surface area contributed by atoms with Gasteiger partial charge in [-0.05, 0) is 28.1 Å². The van der Waals surface area contributed by atoms with E-state index in [-0.39, 0.29) is 17.1 Å². The molecule has 1 aromatic carbocycles. The lowest BCUT2D eigenvalue weighted by Crippen LogP contribution is -2.24. The van der Waals surface area contributed by atoms with E-state index in [2.05, 4.69) is 46.3 Å². The number of halogens is 2. The molecule has 9 heteroatoms. The zero-order valence-corrected chi connectivity index (χ0v) is 13.4. The maximum absolute atomic E-state index is 12.2. The summed E-state index contributed by atoms with van der Waals surface area (Å²) >= 11 is 6.43. The zero-order valence-electron chi connectivity index (χ0n) is 9.43. The van der Waals surface area contributed by atoms with Crippen LogP contribution in [-0.2, 0) is 16.6 Å². The second-order valence-corrected chi connectivity index (χ2v) is 7.10. The van der Waals surface area contributed by atoms with Crippen molar-refractivity contribution in [2.24, 2.45) is 0 Å². The average molecular weight is 411 g/mol. The average Bonchev–Trinajstić information content (AvgIpc) is 2.77. The van der Waals surface area contributed by atoms with E-state index in [1.807, 2.05) is 0 Å². The lowest BCUT2D eigenvalue weighted by Gasteiger charge is -2.10. The minimum atomic E-state index is -3.74. The van der Waals surface area contributed by atoms with Gasteiger partial charge in [-0.25, -0.2) is 13.1 Å². The second-order valence-electron chi connectivity index (χ2n) is 3.62. The highest BCUT2D eigenvalue weighted by atomic mass is 79.9. The number of anilines is 1. The number of aromatic nitrogens is 1. The molecule has 6 nitrogen and oxygen atoms in total. The van der Waals surface area contributed by atoms with Crippen molar-refractivity contribution >= 4 is 47.6 Å². The predicted molar refractivity (Wildman–Crippen MR) is 76.8 cm³/mol. The lowest BCUT2D eigenvalue weighted by molar-refractivity contribution is 0.411. The van der Waals surface area contributed by atoms with Gasteiger partial charge in [-0.1, -0.05) is 21.1 Å². The number of benzene rings is 1. The van der Waals surface area contributed by atoms with Crippen LogP contribution in [0, 0.1) is 0 Å². The Morgan fingerprint density at radius 3 is 2.68 bits per heavy atom. The van der Waals surface area contributed by atoms with E-state index in [0.29, 0.717) is 14.6 Å². The number of hydrogen-bond donors (Lipinski definition) is 2. The molecule has 0 amide bonds. The molecule has 19 heavy (non-hydrogen) atoms. The van der Waals surface area contributed by atoms with Crippen LogP contribution in [0.2, 0.25) is 0 Å². The third kappa shape index (κ3) is 3.35. The van der Waals surface area contributed by atoms with Crippen molar-refractivity contribution < 1.29 is 12.9 Å². The molecule has 0 unspecified atom stereocenters. The standard InChI is InChI=1S/C10H9Br2N3O3S/c11-6-3-8(12)10(9(13)4-6)19(16,17)14-5-7-1-2-18-15-7/h1-4,14H,5,13H2. The number of nitrogens with zero attached hydrogens (tertiary/aromatic N) is 1. The number of nitrogen functional groups attached to an aromatic ring is 1. The Bertz CT molecular complexity index is 663. The first-order valence-corrected chi connectivity index (χ1v) is 8.10. The summed E-state index contributed by atoms with van der Waals surface area (Å²) in [7, 11) is -3.74. The second kappa shape index (κ2) is 5.61. The molecule has 0 aliphatic heterocycles. The van der Waals surface area contributed by atoms with Crippen LogP contribution >= 0.6 is 31.9 Å². The minimum Gasteiger partial charge on any atom is -0.398 e. The van der Waals surface area contributed by atoms with Gasteiger partial charge in [-0.2, -0.15) is 0 Å². The molecular formula is C10H9Br2N3O3S. The number of nitrogens with two attached hydrogens (primary N) is 1. The molecule has 0 aliphatic carbocycles. The SMILES string of the molecule is Nc1cc(Br)cc(Br)c1S(=O)(=O)NCc1ccon1.